The first-order valence-electron chi connectivity index (χ1n) is 7.04. The summed E-state index contributed by atoms with van der Waals surface area (Å²) in [6.07, 6.45) is 0. The van der Waals surface area contributed by atoms with Crippen molar-refractivity contribution < 1.29 is 14.3 Å². The van der Waals surface area contributed by atoms with Crippen molar-refractivity contribution in [3.05, 3.63) is 29.5 Å². The molecule has 21 heavy (non-hydrogen) atoms. The number of hydrogen-bond acceptors (Lipinski definition) is 4. The van der Waals surface area contributed by atoms with Gasteiger partial charge in [0.1, 0.15) is 0 Å². The maximum atomic E-state index is 11.8. The van der Waals surface area contributed by atoms with Gasteiger partial charge in [-0.3, -0.25) is 5.10 Å². The Morgan fingerprint density at radius 1 is 1.33 bits per heavy atom. The summed E-state index contributed by atoms with van der Waals surface area (Å²) in [5.41, 5.74) is 2.09. The quantitative estimate of drug-likeness (QED) is 0.505. The van der Waals surface area contributed by atoms with E-state index in [0.29, 0.717) is 12.2 Å². The van der Waals surface area contributed by atoms with E-state index in [2.05, 4.69) is 29.8 Å². The lowest BCUT2D eigenvalue weighted by atomic mass is 10.1. The van der Waals surface area contributed by atoms with E-state index in [1.807, 2.05) is 6.07 Å². The van der Waals surface area contributed by atoms with Gasteiger partial charge in [0.15, 0.2) is 0 Å². The minimum Gasteiger partial charge on any atom is -0.465 e. The number of aromatic nitrogens is 2. The van der Waals surface area contributed by atoms with Crippen LogP contribution in [0.15, 0.2) is 18.2 Å². The first-order valence-corrected chi connectivity index (χ1v) is 10.7. The molecule has 2 rings (SSSR count). The summed E-state index contributed by atoms with van der Waals surface area (Å²) in [4.78, 5) is 11.8. The zero-order valence-electron chi connectivity index (χ0n) is 13.0. The van der Waals surface area contributed by atoms with E-state index in [4.69, 9.17) is 9.47 Å². The van der Waals surface area contributed by atoms with Crippen LogP contribution in [0.1, 0.15) is 16.1 Å². The standard InChI is InChI=1S/C15H22N2O3Si/c1-19-15(18)11-6-5-7-12-14(11)13(17-16-12)10-20-8-9-21(2,3)4/h5-7H,8-10H2,1-4H3,(H,16,17). The Bertz CT molecular complexity index is 631. The monoisotopic (exact) mass is 306 g/mol. The van der Waals surface area contributed by atoms with Crippen molar-refractivity contribution in [1.29, 1.82) is 0 Å². The zero-order chi connectivity index (χ0) is 15.5. The molecule has 0 unspecified atom stereocenters. The molecule has 0 saturated heterocycles. The van der Waals surface area contributed by atoms with Crippen LogP contribution in [-0.2, 0) is 16.1 Å². The Hall–Kier alpha value is -1.66. The van der Waals surface area contributed by atoms with Crippen molar-refractivity contribution in [3.63, 3.8) is 0 Å². The summed E-state index contributed by atoms with van der Waals surface area (Å²) < 4.78 is 10.6. The predicted octanol–water partition coefficient (Wildman–Crippen LogP) is 3.20. The van der Waals surface area contributed by atoms with Crippen LogP contribution in [0.4, 0.5) is 0 Å². The maximum absolute atomic E-state index is 11.8. The number of carbonyl (C=O) groups is 1. The fourth-order valence-electron chi connectivity index (χ4n) is 2.07. The molecule has 0 aliphatic rings. The van der Waals surface area contributed by atoms with Crippen molar-refractivity contribution in [2.75, 3.05) is 13.7 Å². The highest BCUT2D eigenvalue weighted by Crippen LogP contribution is 2.22. The number of methoxy groups -OCH3 is 1. The lowest BCUT2D eigenvalue weighted by Crippen LogP contribution is -2.21. The first kappa shape index (κ1) is 15.7. The fraction of sp³-hybridized carbons (Fsp3) is 0.467. The minimum absolute atomic E-state index is 0.356. The zero-order valence-corrected chi connectivity index (χ0v) is 14.0. The lowest BCUT2D eigenvalue weighted by Gasteiger charge is -2.15. The van der Waals surface area contributed by atoms with Crippen molar-refractivity contribution in [1.82, 2.24) is 10.2 Å². The van der Waals surface area contributed by atoms with Crippen LogP contribution in [0.5, 0.6) is 0 Å². The third kappa shape index (κ3) is 3.92. The number of benzene rings is 1. The van der Waals surface area contributed by atoms with Gasteiger partial charge in [0, 0.05) is 20.1 Å². The third-order valence-electron chi connectivity index (χ3n) is 3.30. The molecule has 6 heteroatoms. The number of H-pyrrole nitrogens is 1. The Morgan fingerprint density at radius 2 is 2.10 bits per heavy atom. The van der Waals surface area contributed by atoms with Gasteiger partial charge in [-0.1, -0.05) is 25.7 Å². The normalized spacial score (nSPS) is 11.8. The van der Waals surface area contributed by atoms with Gasteiger partial charge in [-0.05, 0) is 18.2 Å². The number of ether oxygens (including phenoxy) is 2. The van der Waals surface area contributed by atoms with E-state index < -0.39 is 8.07 Å². The highest BCUT2D eigenvalue weighted by Gasteiger charge is 2.17. The molecule has 0 fully saturated rings. The van der Waals surface area contributed by atoms with Crippen LogP contribution >= 0.6 is 0 Å². The molecule has 0 spiro atoms. The number of fused-ring (bicyclic) bond motifs is 1. The Morgan fingerprint density at radius 3 is 2.76 bits per heavy atom. The summed E-state index contributed by atoms with van der Waals surface area (Å²) >= 11 is 0. The number of esters is 1. The van der Waals surface area contributed by atoms with E-state index >= 15 is 0 Å². The van der Waals surface area contributed by atoms with Crippen LogP contribution in [0.3, 0.4) is 0 Å². The van der Waals surface area contributed by atoms with Gasteiger partial charge in [0.05, 0.1) is 30.5 Å². The summed E-state index contributed by atoms with van der Waals surface area (Å²) in [5, 5.41) is 7.97. The van der Waals surface area contributed by atoms with E-state index in [-0.39, 0.29) is 5.97 Å². The number of rotatable bonds is 6. The predicted molar refractivity (Wildman–Crippen MR) is 85.2 cm³/mol. The van der Waals surface area contributed by atoms with Crippen molar-refractivity contribution >= 4 is 24.9 Å². The summed E-state index contributed by atoms with van der Waals surface area (Å²) in [5.74, 6) is -0.356. The number of aromatic amines is 1. The van der Waals surface area contributed by atoms with Gasteiger partial charge in [-0.2, -0.15) is 5.10 Å². The fourth-order valence-corrected chi connectivity index (χ4v) is 2.83. The second kappa shape index (κ2) is 6.40. The van der Waals surface area contributed by atoms with Gasteiger partial charge >= 0.3 is 5.97 Å². The van der Waals surface area contributed by atoms with Crippen LogP contribution in [0.25, 0.3) is 10.9 Å². The molecule has 5 nitrogen and oxygen atoms in total. The molecule has 1 heterocycles. The molecule has 0 aliphatic carbocycles. The summed E-state index contributed by atoms with van der Waals surface area (Å²) in [6, 6.07) is 6.52. The molecule has 1 aromatic carbocycles. The molecule has 1 aromatic heterocycles. The highest BCUT2D eigenvalue weighted by atomic mass is 28.3. The molecule has 0 saturated carbocycles. The molecule has 2 aromatic rings. The molecule has 0 atom stereocenters. The van der Waals surface area contributed by atoms with Crippen LogP contribution < -0.4 is 0 Å². The van der Waals surface area contributed by atoms with Crippen LogP contribution in [0, 0.1) is 0 Å². The molecule has 0 amide bonds. The number of carbonyl (C=O) groups excluding carboxylic acids is 1. The van der Waals surface area contributed by atoms with E-state index in [0.717, 1.165) is 29.2 Å². The molecule has 0 bridgehead atoms. The van der Waals surface area contributed by atoms with Gasteiger partial charge in [-0.25, -0.2) is 4.79 Å². The second-order valence-corrected chi connectivity index (χ2v) is 11.9. The van der Waals surface area contributed by atoms with Gasteiger partial charge in [0.25, 0.3) is 0 Å². The van der Waals surface area contributed by atoms with E-state index in [1.54, 1.807) is 12.1 Å². The maximum Gasteiger partial charge on any atom is 0.338 e. The Labute approximate surface area is 125 Å². The minimum atomic E-state index is -1.09. The highest BCUT2D eigenvalue weighted by molar-refractivity contribution is 6.76. The van der Waals surface area contributed by atoms with Gasteiger partial charge in [0.2, 0.25) is 0 Å². The van der Waals surface area contributed by atoms with Crippen LogP contribution in [0.2, 0.25) is 25.7 Å². The van der Waals surface area contributed by atoms with Crippen LogP contribution in [-0.4, -0.2) is 38.0 Å². The average Bonchev–Trinajstić information content (AvgIpc) is 2.85. The van der Waals surface area contributed by atoms with E-state index in [9.17, 15) is 4.79 Å². The molecule has 1 N–H and O–H groups in total. The Kier molecular flexibility index (Phi) is 4.79. The summed E-state index contributed by atoms with van der Waals surface area (Å²) in [6.45, 7) is 8.11. The smallest absolute Gasteiger partial charge is 0.338 e. The first-order chi connectivity index (χ1) is 9.92. The Balaban J connectivity index is 2.15. The van der Waals surface area contributed by atoms with Crippen molar-refractivity contribution in [2.45, 2.75) is 32.3 Å². The molecular weight excluding hydrogens is 284 g/mol. The van der Waals surface area contributed by atoms with E-state index in [1.165, 1.54) is 7.11 Å². The molecule has 0 aliphatic heterocycles. The molecular formula is C15H22N2O3Si. The SMILES string of the molecule is COC(=O)c1cccc2n[nH]c(COCC[Si](C)(C)C)c12. The number of hydrogen-bond donors (Lipinski definition) is 1. The molecule has 114 valence electrons. The second-order valence-electron chi connectivity index (χ2n) is 6.26. The number of nitrogens with one attached hydrogen (secondary N) is 1. The number of nitrogens with zero attached hydrogens (tertiary/aromatic N) is 1. The van der Waals surface area contributed by atoms with Gasteiger partial charge in [-0.15, -0.1) is 0 Å². The largest absolute Gasteiger partial charge is 0.465 e. The van der Waals surface area contributed by atoms with Crippen molar-refractivity contribution in [2.24, 2.45) is 0 Å². The third-order valence-corrected chi connectivity index (χ3v) is 5.01. The van der Waals surface area contributed by atoms with Crippen molar-refractivity contribution in [3.8, 4) is 0 Å². The molecule has 0 radical (unpaired) electrons. The average molecular weight is 306 g/mol. The summed E-state index contributed by atoms with van der Waals surface area (Å²) in [7, 11) is 0.288. The topological polar surface area (TPSA) is 64.2 Å². The lowest BCUT2D eigenvalue weighted by molar-refractivity contribution is 0.0603. The van der Waals surface area contributed by atoms with Gasteiger partial charge < -0.3 is 9.47 Å².